The average Bonchev–Trinajstić information content (AvgIpc) is 2.65. The van der Waals surface area contributed by atoms with E-state index in [1.54, 1.807) is 12.1 Å². The van der Waals surface area contributed by atoms with Crippen LogP contribution in [0.4, 0.5) is 48.3 Å². The van der Waals surface area contributed by atoms with E-state index in [4.69, 9.17) is 4.74 Å². The van der Waals surface area contributed by atoms with Gasteiger partial charge in [0.05, 0.1) is 12.2 Å². The minimum atomic E-state index is -7.31. The molecule has 0 saturated carbocycles. The SMILES string of the molecule is O=C(OCCCCC(I)=CC(F)(C(F)(F)F)C(F)(F)C(F)(F)C(F)(F)F)c1ccc(Br)cc1. The van der Waals surface area contributed by atoms with E-state index in [2.05, 4.69) is 15.9 Å². The predicted molar refractivity (Wildman–Crippen MR) is 106 cm³/mol. The van der Waals surface area contributed by atoms with Gasteiger partial charge < -0.3 is 4.74 Å². The molecule has 0 aliphatic rings. The molecule has 1 aromatic rings. The van der Waals surface area contributed by atoms with E-state index < -0.39 is 51.9 Å². The second-order valence-corrected chi connectivity index (χ2v) is 8.85. The number of hydrogen-bond acceptors (Lipinski definition) is 2. The smallest absolute Gasteiger partial charge is 0.460 e. The third-order valence-electron chi connectivity index (χ3n) is 4.10. The second kappa shape index (κ2) is 10.6. The first-order chi connectivity index (χ1) is 14.8. The van der Waals surface area contributed by atoms with E-state index in [-0.39, 0.29) is 25.0 Å². The molecule has 0 bridgehead atoms. The highest BCUT2D eigenvalue weighted by atomic mass is 127. The molecule has 0 heterocycles. The predicted octanol–water partition coefficient (Wildman–Crippen LogP) is 8.20. The number of carbonyl (C=O) groups is 1. The molecule has 33 heavy (non-hydrogen) atoms. The third-order valence-corrected chi connectivity index (χ3v) is 5.48. The van der Waals surface area contributed by atoms with E-state index >= 15 is 0 Å². The Labute approximate surface area is 201 Å². The van der Waals surface area contributed by atoms with Gasteiger partial charge in [-0.3, -0.25) is 0 Å². The first kappa shape index (κ1) is 29.9. The lowest BCUT2D eigenvalue weighted by Gasteiger charge is -2.37. The fraction of sp³-hybridized carbons (Fsp3) is 0.500. The van der Waals surface area contributed by atoms with Crippen LogP contribution >= 0.6 is 38.5 Å². The zero-order valence-electron chi connectivity index (χ0n) is 15.9. The number of alkyl halides is 11. The van der Waals surface area contributed by atoms with Crippen molar-refractivity contribution in [3.63, 3.8) is 0 Å². The van der Waals surface area contributed by atoms with Crippen molar-refractivity contribution in [3.8, 4) is 0 Å². The van der Waals surface area contributed by atoms with Gasteiger partial charge in [0.15, 0.2) is 0 Å². The molecule has 2 nitrogen and oxygen atoms in total. The van der Waals surface area contributed by atoms with Crippen LogP contribution in [0.15, 0.2) is 38.4 Å². The molecule has 0 amide bonds. The number of halogens is 13. The highest BCUT2D eigenvalue weighted by molar-refractivity contribution is 14.1. The van der Waals surface area contributed by atoms with Gasteiger partial charge in [-0.1, -0.05) is 15.9 Å². The summed E-state index contributed by atoms with van der Waals surface area (Å²) in [6.45, 7) is -0.277. The minimum absolute atomic E-state index is 0.0526. The number of unbranched alkanes of at least 4 members (excludes halogenated alkanes) is 1. The Morgan fingerprint density at radius 1 is 0.848 bits per heavy atom. The molecule has 1 atom stereocenters. The number of ether oxygens (including phenoxy) is 1. The summed E-state index contributed by atoms with van der Waals surface area (Å²) in [5, 5.41) is 0. The fourth-order valence-corrected chi connectivity index (χ4v) is 3.35. The van der Waals surface area contributed by atoms with Gasteiger partial charge in [0.2, 0.25) is 0 Å². The summed E-state index contributed by atoms with van der Waals surface area (Å²) < 4.78 is 148. The van der Waals surface area contributed by atoms with Crippen LogP contribution in [0.3, 0.4) is 0 Å². The molecule has 0 radical (unpaired) electrons. The monoisotopic (exact) mass is 676 g/mol. The van der Waals surface area contributed by atoms with Gasteiger partial charge >= 0.3 is 30.2 Å². The van der Waals surface area contributed by atoms with E-state index in [1.165, 1.54) is 12.1 Å². The first-order valence-electron chi connectivity index (χ1n) is 8.66. The van der Waals surface area contributed by atoms with Crippen LogP contribution in [0.25, 0.3) is 0 Å². The van der Waals surface area contributed by atoms with Crippen LogP contribution in [0.1, 0.15) is 29.6 Å². The third kappa shape index (κ3) is 6.72. The molecule has 1 rings (SSSR count). The topological polar surface area (TPSA) is 26.3 Å². The molecular weight excluding hydrogens is 664 g/mol. The van der Waals surface area contributed by atoms with E-state index in [9.17, 15) is 53.1 Å². The van der Waals surface area contributed by atoms with Crippen molar-refractivity contribution in [3.05, 3.63) is 44.0 Å². The fourth-order valence-electron chi connectivity index (χ4n) is 2.28. The standard InChI is InChI=1S/C18H13BrF11IO2/c19-11-6-4-10(5-7-11)13(32)33-8-2-1-3-12(31)9-14(20,17(25,26)27)15(21,22)16(23,24)18(28,29)30/h4-7,9H,1-3,8H2. The van der Waals surface area contributed by atoms with Gasteiger partial charge in [0.1, 0.15) is 0 Å². The van der Waals surface area contributed by atoms with Gasteiger partial charge in [0.25, 0.3) is 5.67 Å². The van der Waals surface area contributed by atoms with Crippen LogP contribution in [0, 0.1) is 0 Å². The Bertz CT molecular complexity index is 850. The molecule has 0 spiro atoms. The van der Waals surface area contributed by atoms with Crippen LogP contribution in [-0.4, -0.2) is 42.4 Å². The highest BCUT2D eigenvalue weighted by Crippen LogP contribution is 2.58. The Morgan fingerprint density at radius 3 is 1.82 bits per heavy atom. The molecule has 0 aromatic heterocycles. The molecule has 15 heteroatoms. The van der Waals surface area contributed by atoms with Gasteiger partial charge in [0, 0.05) is 4.47 Å². The second-order valence-electron chi connectivity index (χ2n) is 6.55. The van der Waals surface area contributed by atoms with E-state index in [0.717, 1.165) is 22.6 Å². The molecule has 0 N–H and O–H groups in total. The summed E-state index contributed by atoms with van der Waals surface area (Å²) in [5.41, 5.74) is -6.13. The van der Waals surface area contributed by atoms with Crippen molar-refractivity contribution in [2.24, 2.45) is 0 Å². The summed E-state index contributed by atoms with van der Waals surface area (Å²) in [7, 11) is 0. The van der Waals surface area contributed by atoms with Crippen molar-refractivity contribution >= 4 is 44.5 Å². The molecule has 0 aliphatic carbocycles. The largest absolute Gasteiger partial charge is 0.462 e. The lowest BCUT2D eigenvalue weighted by Crippen LogP contribution is -2.66. The number of esters is 1. The molecule has 1 aromatic carbocycles. The quantitative estimate of drug-likeness (QED) is 0.114. The Balaban J connectivity index is 2.86. The summed E-state index contributed by atoms with van der Waals surface area (Å²) in [6, 6.07) is 5.94. The summed E-state index contributed by atoms with van der Waals surface area (Å²) >= 11 is 4.07. The number of hydrogen-bond donors (Lipinski definition) is 0. The minimum Gasteiger partial charge on any atom is -0.462 e. The Kier molecular flexibility index (Phi) is 9.64. The van der Waals surface area contributed by atoms with Crippen LogP contribution in [-0.2, 0) is 4.74 Å². The van der Waals surface area contributed by atoms with Crippen molar-refractivity contribution in [2.45, 2.75) is 49.1 Å². The summed E-state index contributed by atoms with van der Waals surface area (Å²) in [4.78, 5) is 11.8. The molecule has 0 saturated heterocycles. The van der Waals surface area contributed by atoms with E-state index in [1.807, 2.05) is 0 Å². The Morgan fingerprint density at radius 2 is 1.36 bits per heavy atom. The van der Waals surface area contributed by atoms with Crippen molar-refractivity contribution in [1.29, 1.82) is 0 Å². The lowest BCUT2D eigenvalue weighted by molar-refractivity contribution is -0.402. The first-order valence-corrected chi connectivity index (χ1v) is 10.5. The zero-order chi connectivity index (χ0) is 25.9. The maximum absolute atomic E-state index is 14.2. The van der Waals surface area contributed by atoms with Crippen LogP contribution in [0.2, 0.25) is 0 Å². The van der Waals surface area contributed by atoms with Gasteiger partial charge in [-0.15, -0.1) is 0 Å². The number of allylic oxidation sites excluding steroid dienone is 2. The van der Waals surface area contributed by atoms with Gasteiger partial charge in [-0.2, -0.15) is 43.9 Å². The van der Waals surface area contributed by atoms with Gasteiger partial charge in [-0.05, 0) is 75.8 Å². The number of carbonyl (C=O) groups excluding carboxylic acids is 1. The van der Waals surface area contributed by atoms with Crippen LogP contribution < -0.4 is 0 Å². The summed E-state index contributed by atoms with van der Waals surface area (Å²) in [6.07, 6.45) is -15.7. The van der Waals surface area contributed by atoms with E-state index in [0.29, 0.717) is 4.47 Å². The van der Waals surface area contributed by atoms with Gasteiger partial charge in [-0.25, -0.2) is 9.18 Å². The molecule has 1 unspecified atom stereocenters. The molecule has 0 fully saturated rings. The average molecular weight is 677 g/mol. The highest BCUT2D eigenvalue weighted by Gasteiger charge is 2.85. The molecule has 0 aliphatic heterocycles. The zero-order valence-corrected chi connectivity index (χ0v) is 19.7. The maximum Gasteiger partial charge on any atom is 0.460 e. The maximum atomic E-state index is 14.2. The van der Waals surface area contributed by atoms with Crippen LogP contribution in [0.5, 0.6) is 0 Å². The van der Waals surface area contributed by atoms with Crippen molar-refractivity contribution in [1.82, 2.24) is 0 Å². The number of benzene rings is 1. The van der Waals surface area contributed by atoms with Crippen molar-refractivity contribution < 1.29 is 57.8 Å². The Hall–Kier alpha value is -1.13. The molecular formula is C18H13BrF11IO2. The van der Waals surface area contributed by atoms with Crippen molar-refractivity contribution in [2.75, 3.05) is 6.61 Å². The molecule has 188 valence electrons. The lowest BCUT2D eigenvalue weighted by atomic mass is 9.90. The normalized spacial score (nSPS) is 15.8. The number of rotatable bonds is 9. The summed E-state index contributed by atoms with van der Waals surface area (Å²) in [5.74, 6) is -15.2.